The number of hydrogen-bond donors (Lipinski definition) is 1. The number of hydrogen-bond acceptors (Lipinski definition) is 6. The molecule has 0 fully saturated rings. The molecule has 138 valence electrons. The van der Waals surface area contributed by atoms with E-state index in [2.05, 4.69) is 9.69 Å². The maximum atomic E-state index is 14.0. The lowest BCUT2D eigenvalue weighted by molar-refractivity contribution is 0.406. The van der Waals surface area contributed by atoms with Gasteiger partial charge in [-0.05, 0) is 47.4 Å². The van der Waals surface area contributed by atoms with Crippen LogP contribution in [0.5, 0.6) is 11.5 Å². The maximum absolute atomic E-state index is 14.0. The predicted octanol–water partition coefficient (Wildman–Crippen LogP) is 5.03. The van der Waals surface area contributed by atoms with Crippen molar-refractivity contribution < 1.29 is 13.9 Å². The third kappa shape index (κ3) is 3.97. The van der Waals surface area contributed by atoms with E-state index in [9.17, 15) is 9.65 Å². The first kappa shape index (κ1) is 19.0. The molecular weight excluding hydrogens is 389 g/mol. The van der Waals surface area contributed by atoms with E-state index in [0.717, 1.165) is 17.1 Å². The molecule has 1 unspecified atom stereocenters. The van der Waals surface area contributed by atoms with Crippen molar-refractivity contribution in [2.45, 2.75) is 6.04 Å². The summed E-state index contributed by atoms with van der Waals surface area (Å²) in [5.74, 6) is 0.756. The summed E-state index contributed by atoms with van der Waals surface area (Å²) in [5, 5.41) is 13.2. The highest BCUT2D eigenvalue weighted by molar-refractivity contribution is 7.10. The van der Waals surface area contributed by atoms with Gasteiger partial charge in [0, 0.05) is 5.56 Å². The number of nitrogens with one attached hydrogen (secondary N) is 1. The number of nitriles is 1. The van der Waals surface area contributed by atoms with Crippen molar-refractivity contribution in [1.82, 2.24) is 4.37 Å². The van der Waals surface area contributed by atoms with Crippen LogP contribution in [0.3, 0.4) is 0 Å². The van der Waals surface area contributed by atoms with E-state index in [1.807, 2.05) is 30.3 Å². The van der Waals surface area contributed by atoms with Crippen LogP contribution in [0.2, 0.25) is 5.15 Å². The van der Waals surface area contributed by atoms with Crippen molar-refractivity contribution in [2.75, 3.05) is 19.5 Å². The normalized spacial score (nSPS) is 11.5. The zero-order valence-electron chi connectivity index (χ0n) is 14.5. The zero-order valence-corrected chi connectivity index (χ0v) is 16.1. The quantitative estimate of drug-likeness (QED) is 0.625. The van der Waals surface area contributed by atoms with Crippen molar-refractivity contribution in [3.05, 3.63) is 70.1 Å². The molecular formula is C19H15ClFN3O2S. The Morgan fingerprint density at radius 3 is 2.74 bits per heavy atom. The Labute approximate surface area is 165 Å². The van der Waals surface area contributed by atoms with Gasteiger partial charge in [0.05, 0.1) is 20.3 Å². The Kier molecular flexibility index (Phi) is 5.79. The molecule has 1 atom stereocenters. The molecule has 5 nitrogen and oxygen atoms in total. The molecule has 0 spiro atoms. The van der Waals surface area contributed by atoms with Gasteiger partial charge in [-0.25, -0.2) is 4.39 Å². The average molecular weight is 404 g/mol. The van der Waals surface area contributed by atoms with Gasteiger partial charge in [-0.1, -0.05) is 23.7 Å². The molecule has 3 aromatic rings. The third-order valence-electron chi connectivity index (χ3n) is 3.97. The topological polar surface area (TPSA) is 67.2 Å². The number of rotatable bonds is 6. The molecule has 0 radical (unpaired) electrons. The Bertz CT molecular complexity index is 1000. The van der Waals surface area contributed by atoms with E-state index in [0.29, 0.717) is 22.1 Å². The molecule has 2 aromatic carbocycles. The maximum Gasteiger partial charge on any atom is 0.162 e. The van der Waals surface area contributed by atoms with Gasteiger partial charge in [0.15, 0.2) is 5.15 Å². The molecule has 27 heavy (non-hydrogen) atoms. The highest BCUT2D eigenvalue weighted by Gasteiger charge is 2.23. The minimum Gasteiger partial charge on any atom is -0.497 e. The van der Waals surface area contributed by atoms with Crippen LogP contribution < -0.4 is 14.8 Å². The number of benzene rings is 2. The van der Waals surface area contributed by atoms with Crippen LogP contribution in [0, 0.1) is 17.1 Å². The minimum atomic E-state index is -0.519. The first-order valence-corrected chi connectivity index (χ1v) is 9.01. The summed E-state index contributed by atoms with van der Waals surface area (Å²) < 4.78 is 28.7. The highest BCUT2D eigenvalue weighted by Crippen LogP contribution is 2.37. The van der Waals surface area contributed by atoms with Crippen LogP contribution in [0.15, 0.2) is 42.5 Å². The van der Waals surface area contributed by atoms with Crippen molar-refractivity contribution >= 4 is 28.1 Å². The average Bonchev–Trinajstić information content (AvgIpc) is 3.05. The van der Waals surface area contributed by atoms with Gasteiger partial charge in [0.2, 0.25) is 0 Å². The van der Waals surface area contributed by atoms with Crippen LogP contribution in [0.4, 0.5) is 9.39 Å². The van der Waals surface area contributed by atoms with Crippen LogP contribution in [0.25, 0.3) is 0 Å². The minimum absolute atomic E-state index is 0.126. The fraction of sp³-hybridized carbons (Fsp3) is 0.158. The SMILES string of the molecule is COc1cccc(C(Nc2snc(Cl)c2C#N)c2cc(F)ccc2OC)c1. The van der Waals surface area contributed by atoms with Crippen LogP contribution in [0.1, 0.15) is 22.7 Å². The number of aromatic nitrogens is 1. The summed E-state index contributed by atoms with van der Waals surface area (Å²) in [5.41, 5.74) is 1.61. The van der Waals surface area contributed by atoms with E-state index in [-0.39, 0.29) is 10.7 Å². The second-order valence-electron chi connectivity index (χ2n) is 5.53. The predicted molar refractivity (Wildman–Crippen MR) is 103 cm³/mol. The lowest BCUT2D eigenvalue weighted by atomic mass is 9.97. The molecule has 1 N–H and O–H groups in total. The van der Waals surface area contributed by atoms with E-state index >= 15 is 0 Å². The molecule has 0 aliphatic rings. The summed E-state index contributed by atoms with van der Waals surface area (Å²) >= 11 is 7.05. The Hall–Kier alpha value is -2.82. The Balaban J connectivity index is 2.14. The number of methoxy groups -OCH3 is 2. The largest absolute Gasteiger partial charge is 0.497 e. The van der Waals surface area contributed by atoms with Gasteiger partial charge in [0.25, 0.3) is 0 Å². The Morgan fingerprint density at radius 1 is 1.22 bits per heavy atom. The highest BCUT2D eigenvalue weighted by atomic mass is 35.5. The molecule has 1 heterocycles. The van der Waals surface area contributed by atoms with Crippen LogP contribution >= 0.6 is 23.1 Å². The second-order valence-corrected chi connectivity index (χ2v) is 6.66. The van der Waals surface area contributed by atoms with E-state index in [1.54, 1.807) is 13.2 Å². The first-order chi connectivity index (χ1) is 13.1. The summed E-state index contributed by atoms with van der Waals surface area (Å²) in [6.45, 7) is 0. The molecule has 0 amide bonds. The number of anilines is 1. The summed E-state index contributed by atoms with van der Waals surface area (Å²) in [7, 11) is 3.09. The zero-order chi connectivity index (χ0) is 19.4. The van der Waals surface area contributed by atoms with Gasteiger partial charge in [0.1, 0.15) is 33.9 Å². The van der Waals surface area contributed by atoms with Crippen molar-refractivity contribution in [3.8, 4) is 17.6 Å². The fourth-order valence-electron chi connectivity index (χ4n) is 2.69. The van der Waals surface area contributed by atoms with Gasteiger partial charge < -0.3 is 14.8 Å². The van der Waals surface area contributed by atoms with Gasteiger partial charge in [-0.2, -0.15) is 9.64 Å². The van der Waals surface area contributed by atoms with Crippen molar-refractivity contribution in [2.24, 2.45) is 0 Å². The van der Waals surface area contributed by atoms with Crippen LogP contribution in [-0.4, -0.2) is 18.6 Å². The molecule has 1 aromatic heterocycles. The monoisotopic (exact) mass is 403 g/mol. The smallest absolute Gasteiger partial charge is 0.162 e. The molecule has 3 rings (SSSR count). The van der Waals surface area contributed by atoms with Crippen LogP contribution in [-0.2, 0) is 0 Å². The summed E-state index contributed by atoms with van der Waals surface area (Å²) in [4.78, 5) is 0. The van der Waals surface area contributed by atoms with Gasteiger partial charge >= 0.3 is 0 Å². The second kappa shape index (κ2) is 8.25. The molecule has 0 aliphatic heterocycles. The molecule has 8 heteroatoms. The summed E-state index contributed by atoms with van der Waals surface area (Å²) in [6, 6.07) is 13.2. The lowest BCUT2D eigenvalue weighted by Gasteiger charge is -2.22. The van der Waals surface area contributed by atoms with E-state index < -0.39 is 11.9 Å². The van der Waals surface area contributed by atoms with E-state index in [4.69, 9.17) is 21.1 Å². The molecule has 0 aliphatic carbocycles. The Morgan fingerprint density at radius 2 is 2.04 bits per heavy atom. The molecule has 0 bridgehead atoms. The standard InChI is InChI=1S/C19H15ClFN3O2S/c1-25-13-5-3-4-11(8-13)17(14-9-12(21)6-7-16(14)26-2)23-19-15(10-22)18(20)24-27-19/h3-9,17,23H,1-2H3. The van der Waals surface area contributed by atoms with Crippen molar-refractivity contribution in [3.63, 3.8) is 0 Å². The number of ether oxygens (including phenoxy) is 2. The van der Waals surface area contributed by atoms with Gasteiger partial charge in [-0.15, -0.1) is 0 Å². The van der Waals surface area contributed by atoms with Gasteiger partial charge in [-0.3, -0.25) is 0 Å². The number of halogens is 2. The lowest BCUT2D eigenvalue weighted by Crippen LogP contribution is -2.14. The third-order valence-corrected chi connectivity index (χ3v) is 5.12. The molecule has 0 saturated carbocycles. The van der Waals surface area contributed by atoms with E-state index in [1.165, 1.54) is 19.2 Å². The fourth-order valence-corrected chi connectivity index (χ4v) is 3.65. The summed E-state index contributed by atoms with van der Waals surface area (Å²) in [6.07, 6.45) is 0. The molecule has 0 saturated heterocycles. The first-order valence-electron chi connectivity index (χ1n) is 7.86. The van der Waals surface area contributed by atoms with Crippen molar-refractivity contribution in [1.29, 1.82) is 5.26 Å². The number of nitrogens with zero attached hydrogens (tertiary/aromatic N) is 2.